The molecule has 0 aliphatic carbocycles. The van der Waals surface area contributed by atoms with Crippen molar-refractivity contribution in [1.29, 1.82) is 0 Å². The van der Waals surface area contributed by atoms with Crippen LogP contribution in [0.1, 0.15) is 19.3 Å². The zero-order chi connectivity index (χ0) is 10.6. The summed E-state index contributed by atoms with van der Waals surface area (Å²) in [4.78, 5) is 24.0. The molecule has 0 saturated carbocycles. The first kappa shape index (κ1) is 10.9. The summed E-state index contributed by atoms with van der Waals surface area (Å²) >= 11 is 0. The smallest absolute Gasteiger partial charge is 0.254 e. The van der Waals surface area contributed by atoms with E-state index in [-0.39, 0.29) is 11.8 Å². The van der Waals surface area contributed by atoms with Crippen molar-refractivity contribution in [1.82, 2.24) is 10.2 Å². The average Bonchev–Trinajstić information content (AvgIpc) is 2.39. The first-order valence-electron chi connectivity index (χ1n) is 4.80. The van der Waals surface area contributed by atoms with Crippen molar-refractivity contribution in [3.05, 3.63) is 11.6 Å². The van der Waals surface area contributed by atoms with Crippen LogP contribution >= 0.6 is 0 Å². The Labute approximate surface area is 84.0 Å². The number of carbonyl (C=O) groups is 2. The Morgan fingerprint density at radius 2 is 2.00 bits per heavy atom. The van der Waals surface area contributed by atoms with Gasteiger partial charge in [0.1, 0.15) is 0 Å². The molecule has 0 bridgehead atoms. The number of nitrogens with zero attached hydrogens (tertiary/aromatic N) is 1. The number of unbranched alkanes of at least 4 members (excludes halogenated alkanes) is 1. The molecule has 0 atom stereocenters. The third-order valence-corrected chi connectivity index (χ3v) is 2.14. The van der Waals surface area contributed by atoms with Gasteiger partial charge in [0.25, 0.3) is 11.8 Å². The van der Waals surface area contributed by atoms with E-state index in [1.807, 2.05) is 14.1 Å². The molecule has 78 valence electrons. The van der Waals surface area contributed by atoms with E-state index in [1.54, 1.807) is 0 Å². The molecular formula is C10H16N2O2. The van der Waals surface area contributed by atoms with Crippen molar-refractivity contribution in [2.45, 2.75) is 19.3 Å². The van der Waals surface area contributed by atoms with Crippen molar-refractivity contribution in [3.63, 3.8) is 0 Å². The van der Waals surface area contributed by atoms with Crippen LogP contribution in [-0.2, 0) is 9.59 Å². The van der Waals surface area contributed by atoms with Crippen LogP contribution in [0, 0.1) is 0 Å². The monoisotopic (exact) mass is 196 g/mol. The highest BCUT2D eigenvalue weighted by Gasteiger charge is 2.19. The van der Waals surface area contributed by atoms with E-state index < -0.39 is 0 Å². The van der Waals surface area contributed by atoms with E-state index >= 15 is 0 Å². The van der Waals surface area contributed by atoms with Gasteiger partial charge in [0.15, 0.2) is 0 Å². The molecule has 0 fully saturated rings. The molecule has 2 amide bonds. The van der Waals surface area contributed by atoms with E-state index in [9.17, 15) is 9.59 Å². The molecule has 0 radical (unpaired) electrons. The molecule has 0 aromatic rings. The molecule has 14 heavy (non-hydrogen) atoms. The van der Waals surface area contributed by atoms with Crippen LogP contribution in [-0.4, -0.2) is 37.4 Å². The molecule has 1 aliphatic heterocycles. The zero-order valence-electron chi connectivity index (χ0n) is 8.67. The minimum absolute atomic E-state index is 0.222. The average molecular weight is 196 g/mol. The zero-order valence-corrected chi connectivity index (χ0v) is 8.67. The summed E-state index contributed by atoms with van der Waals surface area (Å²) in [6, 6.07) is 0. The fourth-order valence-corrected chi connectivity index (χ4v) is 1.38. The maximum absolute atomic E-state index is 11.1. The summed E-state index contributed by atoms with van der Waals surface area (Å²) in [5.41, 5.74) is 0.619. The normalized spacial score (nSPS) is 16.1. The van der Waals surface area contributed by atoms with Crippen LogP contribution in [0.2, 0.25) is 0 Å². The van der Waals surface area contributed by atoms with Crippen LogP contribution < -0.4 is 5.32 Å². The maximum atomic E-state index is 11.1. The number of rotatable bonds is 5. The number of nitrogens with one attached hydrogen (secondary N) is 1. The van der Waals surface area contributed by atoms with Gasteiger partial charge in [-0.05, 0) is 39.9 Å². The molecule has 0 spiro atoms. The summed E-state index contributed by atoms with van der Waals surface area (Å²) in [5, 5.41) is 2.24. The van der Waals surface area contributed by atoms with Gasteiger partial charge < -0.3 is 4.90 Å². The second-order valence-corrected chi connectivity index (χ2v) is 3.75. The van der Waals surface area contributed by atoms with Crippen LogP contribution in [0.4, 0.5) is 0 Å². The van der Waals surface area contributed by atoms with E-state index in [1.165, 1.54) is 6.08 Å². The molecule has 1 N–H and O–H groups in total. The van der Waals surface area contributed by atoms with Crippen LogP contribution in [0.15, 0.2) is 11.6 Å². The lowest BCUT2D eigenvalue weighted by Crippen LogP contribution is -2.22. The number of imide groups is 1. The van der Waals surface area contributed by atoms with E-state index in [2.05, 4.69) is 10.2 Å². The van der Waals surface area contributed by atoms with Crippen LogP contribution in [0.5, 0.6) is 0 Å². The van der Waals surface area contributed by atoms with Gasteiger partial charge >= 0.3 is 0 Å². The minimum atomic E-state index is -0.280. The summed E-state index contributed by atoms with van der Waals surface area (Å²) in [7, 11) is 4.04. The van der Waals surface area contributed by atoms with Gasteiger partial charge in [0.2, 0.25) is 0 Å². The highest BCUT2D eigenvalue weighted by Crippen LogP contribution is 2.11. The van der Waals surface area contributed by atoms with Gasteiger partial charge in [-0.2, -0.15) is 0 Å². The Kier molecular flexibility index (Phi) is 3.83. The molecule has 4 heteroatoms. The number of amides is 2. The quantitative estimate of drug-likeness (QED) is 0.508. The summed E-state index contributed by atoms with van der Waals surface area (Å²) in [6.07, 6.45) is 4.10. The second-order valence-electron chi connectivity index (χ2n) is 3.75. The van der Waals surface area contributed by atoms with Gasteiger partial charge in [0.05, 0.1) is 0 Å². The molecule has 0 aromatic carbocycles. The molecule has 0 aromatic heterocycles. The molecule has 1 aliphatic rings. The summed E-state index contributed by atoms with van der Waals surface area (Å²) < 4.78 is 0. The van der Waals surface area contributed by atoms with Crippen molar-refractivity contribution >= 4 is 11.8 Å². The first-order chi connectivity index (χ1) is 6.59. The highest BCUT2D eigenvalue weighted by molar-refractivity contribution is 6.16. The fraction of sp³-hybridized carbons (Fsp3) is 0.600. The van der Waals surface area contributed by atoms with Gasteiger partial charge in [-0.3, -0.25) is 14.9 Å². The number of carbonyl (C=O) groups excluding carboxylic acids is 2. The Morgan fingerprint density at radius 1 is 1.29 bits per heavy atom. The van der Waals surface area contributed by atoms with Gasteiger partial charge in [-0.25, -0.2) is 0 Å². The second kappa shape index (κ2) is 4.91. The van der Waals surface area contributed by atoms with Gasteiger partial charge in [-0.15, -0.1) is 0 Å². The van der Waals surface area contributed by atoms with Crippen molar-refractivity contribution < 1.29 is 9.59 Å². The summed E-state index contributed by atoms with van der Waals surface area (Å²) in [6.45, 7) is 1.02. The number of hydrogen-bond acceptors (Lipinski definition) is 3. The fourth-order valence-electron chi connectivity index (χ4n) is 1.38. The standard InChI is InChI=1S/C10H16N2O2/c1-12(2)6-4-3-5-8-7-9(13)11-10(8)14/h7H,3-6H2,1-2H3,(H,11,13,14). The van der Waals surface area contributed by atoms with Crippen molar-refractivity contribution in [2.75, 3.05) is 20.6 Å². The predicted molar refractivity (Wildman–Crippen MR) is 53.6 cm³/mol. The van der Waals surface area contributed by atoms with Crippen LogP contribution in [0.25, 0.3) is 0 Å². The Bertz CT molecular complexity index is 269. The van der Waals surface area contributed by atoms with E-state index in [0.717, 1.165) is 19.4 Å². The topological polar surface area (TPSA) is 49.4 Å². The lowest BCUT2D eigenvalue weighted by Gasteiger charge is -2.08. The van der Waals surface area contributed by atoms with Gasteiger partial charge in [-0.1, -0.05) is 0 Å². The largest absolute Gasteiger partial charge is 0.309 e. The first-order valence-corrected chi connectivity index (χ1v) is 4.80. The van der Waals surface area contributed by atoms with Crippen molar-refractivity contribution in [3.8, 4) is 0 Å². The molecular weight excluding hydrogens is 180 g/mol. The molecule has 1 heterocycles. The SMILES string of the molecule is CN(C)CCCCC1=CC(=O)NC1=O. The van der Waals surface area contributed by atoms with Gasteiger partial charge in [0, 0.05) is 11.6 Å². The Balaban J connectivity index is 2.22. The van der Waals surface area contributed by atoms with E-state index in [4.69, 9.17) is 0 Å². The lowest BCUT2D eigenvalue weighted by molar-refractivity contribution is -0.123. The molecule has 1 rings (SSSR count). The van der Waals surface area contributed by atoms with Crippen LogP contribution in [0.3, 0.4) is 0 Å². The predicted octanol–water partition coefficient (Wildman–Crippen LogP) is 0.301. The Hall–Kier alpha value is -1.16. The molecule has 4 nitrogen and oxygen atoms in total. The third kappa shape index (κ3) is 3.30. The molecule has 0 saturated heterocycles. The maximum Gasteiger partial charge on any atom is 0.254 e. The van der Waals surface area contributed by atoms with E-state index in [0.29, 0.717) is 12.0 Å². The minimum Gasteiger partial charge on any atom is -0.309 e. The summed E-state index contributed by atoms with van der Waals surface area (Å²) in [5.74, 6) is -0.502. The lowest BCUT2D eigenvalue weighted by atomic mass is 10.1. The van der Waals surface area contributed by atoms with Crippen molar-refractivity contribution in [2.24, 2.45) is 0 Å². The Morgan fingerprint density at radius 3 is 2.50 bits per heavy atom. The third-order valence-electron chi connectivity index (χ3n) is 2.14. The molecule has 0 unspecified atom stereocenters. The highest BCUT2D eigenvalue weighted by atomic mass is 16.2. The number of hydrogen-bond donors (Lipinski definition) is 1.